The normalized spacial score (nSPS) is 21.6. The summed E-state index contributed by atoms with van der Waals surface area (Å²) in [5.74, 6) is -0.0320. The van der Waals surface area contributed by atoms with Crippen molar-refractivity contribution in [2.24, 2.45) is 0 Å². The quantitative estimate of drug-likeness (QED) is 0.895. The molecule has 0 aromatic heterocycles. The summed E-state index contributed by atoms with van der Waals surface area (Å²) >= 11 is 0. The lowest BCUT2D eigenvalue weighted by Crippen LogP contribution is -2.38. The maximum Gasteiger partial charge on any atom is 0.165 e. The summed E-state index contributed by atoms with van der Waals surface area (Å²) < 4.78 is 23.8. The maximum atomic E-state index is 13.3. The van der Waals surface area contributed by atoms with Gasteiger partial charge in [-0.2, -0.15) is 0 Å². The molecule has 0 bridgehead atoms. The van der Waals surface area contributed by atoms with Crippen LogP contribution in [0.5, 0.6) is 5.75 Å². The highest BCUT2D eigenvalue weighted by Gasteiger charge is 2.17. The number of ether oxygens (including phenoxy) is 2. The van der Waals surface area contributed by atoms with Gasteiger partial charge < -0.3 is 14.8 Å². The molecule has 0 radical (unpaired) electrons. The van der Waals surface area contributed by atoms with Crippen molar-refractivity contribution in [2.75, 3.05) is 20.3 Å². The molecule has 1 aromatic rings. The number of rotatable bonds is 4. The molecule has 0 aliphatic carbocycles. The third-order valence-electron chi connectivity index (χ3n) is 3.32. The van der Waals surface area contributed by atoms with Crippen LogP contribution in [0.3, 0.4) is 0 Å². The van der Waals surface area contributed by atoms with Crippen molar-refractivity contribution in [1.29, 1.82) is 0 Å². The second-order valence-electron chi connectivity index (χ2n) is 4.70. The third kappa shape index (κ3) is 3.21. The van der Waals surface area contributed by atoms with E-state index in [9.17, 15) is 4.39 Å². The zero-order valence-corrected chi connectivity index (χ0v) is 10.9. The van der Waals surface area contributed by atoms with Gasteiger partial charge >= 0.3 is 0 Å². The van der Waals surface area contributed by atoms with E-state index in [2.05, 4.69) is 12.2 Å². The fraction of sp³-hybridized carbons (Fsp3) is 0.571. The Morgan fingerprint density at radius 2 is 2.33 bits per heavy atom. The minimum Gasteiger partial charge on any atom is -0.494 e. The van der Waals surface area contributed by atoms with Gasteiger partial charge in [0.25, 0.3) is 0 Å². The summed E-state index contributed by atoms with van der Waals surface area (Å²) in [5.41, 5.74) is 1.03. The van der Waals surface area contributed by atoms with Crippen molar-refractivity contribution < 1.29 is 13.9 Å². The van der Waals surface area contributed by atoms with Gasteiger partial charge in [-0.05, 0) is 37.5 Å². The molecule has 1 fully saturated rings. The van der Waals surface area contributed by atoms with E-state index in [-0.39, 0.29) is 11.9 Å². The SMILES string of the molecule is COc1cc(C(C)NC2CCCOC2)ccc1F. The van der Waals surface area contributed by atoms with Crippen LogP contribution in [-0.4, -0.2) is 26.4 Å². The topological polar surface area (TPSA) is 30.5 Å². The van der Waals surface area contributed by atoms with Gasteiger partial charge in [0.15, 0.2) is 11.6 Å². The van der Waals surface area contributed by atoms with Crippen LogP contribution < -0.4 is 10.1 Å². The van der Waals surface area contributed by atoms with Crippen LogP contribution in [0.2, 0.25) is 0 Å². The molecular formula is C14H20FNO2. The lowest BCUT2D eigenvalue weighted by molar-refractivity contribution is 0.0671. The van der Waals surface area contributed by atoms with Crippen LogP contribution >= 0.6 is 0 Å². The Labute approximate surface area is 107 Å². The number of nitrogens with one attached hydrogen (secondary N) is 1. The van der Waals surface area contributed by atoms with Crippen molar-refractivity contribution in [2.45, 2.75) is 31.8 Å². The highest BCUT2D eigenvalue weighted by molar-refractivity contribution is 5.31. The molecule has 2 atom stereocenters. The lowest BCUT2D eigenvalue weighted by atomic mass is 10.0. The van der Waals surface area contributed by atoms with Gasteiger partial charge in [-0.15, -0.1) is 0 Å². The van der Waals surface area contributed by atoms with E-state index in [4.69, 9.17) is 9.47 Å². The van der Waals surface area contributed by atoms with E-state index >= 15 is 0 Å². The second kappa shape index (κ2) is 6.16. The van der Waals surface area contributed by atoms with Crippen molar-refractivity contribution >= 4 is 0 Å². The molecule has 2 rings (SSSR count). The summed E-state index contributed by atoms with van der Waals surface area (Å²) in [7, 11) is 1.48. The first kappa shape index (κ1) is 13.3. The Hall–Kier alpha value is -1.13. The summed E-state index contributed by atoms with van der Waals surface area (Å²) in [6.07, 6.45) is 2.22. The molecule has 4 heteroatoms. The smallest absolute Gasteiger partial charge is 0.165 e. The minimum absolute atomic E-state index is 0.159. The fourth-order valence-corrected chi connectivity index (χ4v) is 2.27. The van der Waals surface area contributed by atoms with Gasteiger partial charge in [-0.1, -0.05) is 6.07 Å². The van der Waals surface area contributed by atoms with E-state index < -0.39 is 0 Å². The van der Waals surface area contributed by atoms with E-state index in [0.717, 1.165) is 31.6 Å². The number of methoxy groups -OCH3 is 1. The zero-order valence-electron chi connectivity index (χ0n) is 10.9. The molecule has 0 saturated carbocycles. The molecule has 1 aliphatic heterocycles. The number of hydrogen-bond acceptors (Lipinski definition) is 3. The van der Waals surface area contributed by atoms with Gasteiger partial charge in [-0.3, -0.25) is 0 Å². The Bertz CT molecular complexity index is 391. The van der Waals surface area contributed by atoms with Crippen LogP contribution in [0.1, 0.15) is 31.4 Å². The van der Waals surface area contributed by atoms with Crippen LogP contribution in [0, 0.1) is 5.82 Å². The van der Waals surface area contributed by atoms with Gasteiger partial charge in [-0.25, -0.2) is 4.39 Å². The number of halogens is 1. The first-order valence-corrected chi connectivity index (χ1v) is 6.38. The highest BCUT2D eigenvalue weighted by atomic mass is 19.1. The van der Waals surface area contributed by atoms with Crippen molar-refractivity contribution in [1.82, 2.24) is 5.32 Å². The Balaban J connectivity index is 2.01. The van der Waals surface area contributed by atoms with E-state index in [0.29, 0.717) is 11.8 Å². The summed E-state index contributed by atoms with van der Waals surface area (Å²) in [5, 5.41) is 3.50. The van der Waals surface area contributed by atoms with Crippen LogP contribution in [0.4, 0.5) is 4.39 Å². The van der Waals surface area contributed by atoms with Gasteiger partial charge in [0.05, 0.1) is 13.7 Å². The third-order valence-corrected chi connectivity index (χ3v) is 3.32. The van der Waals surface area contributed by atoms with E-state index in [1.54, 1.807) is 12.1 Å². The molecule has 0 amide bonds. The van der Waals surface area contributed by atoms with Gasteiger partial charge in [0, 0.05) is 18.7 Å². The van der Waals surface area contributed by atoms with Crippen LogP contribution in [0.25, 0.3) is 0 Å². The molecule has 100 valence electrons. The molecule has 3 nitrogen and oxygen atoms in total. The standard InChI is InChI=1S/C14H20FNO2/c1-10(16-12-4-3-7-18-9-12)11-5-6-13(15)14(8-11)17-2/h5-6,8,10,12,16H,3-4,7,9H2,1-2H3. The average Bonchev–Trinajstić information content (AvgIpc) is 2.40. The first-order valence-electron chi connectivity index (χ1n) is 6.38. The predicted molar refractivity (Wildman–Crippen MR) is 68.3 cm³/mol. The highest BCUT2D eigenvalue weighted by Crippen LogP contribution is 2.23. The van der Waals surface area contributed by atoms with Crippen molar-refractivity contribution in [3.8, 4) is 5.75 Å². The second-order valence-corrected chi connectivity index (χ2v) is 4.70. The van der Waals surface area contributed by atoms with Crippen LogP contribution in [-0.2, 0) is 4.74 Å². The maximum absolute atomic E-state index is 13.3. The summed E-state index contributed by atoms with van der Waals surface area (Å²) in [4.78, 5) is 0. The van der Waals surface area contributed by atoms with Crippen molar-refractivity contribution in [3.63, 3.8) is 0 Å². The molecule has 1 aromatic carbocycles. The van der Waals surface area contributed by atoms with Gasteiger partial charge in [0.2, 0.25) is 0 Å². The molecule has 1 heterocycles. The largest absolute Gasteiger partial charge is 0.494 e. The average molecular weight is 253 g/mol. The lowest BCUT2D eigenvalue weighted by Gasteiger charge is -2.27. The fourth-order valence-electron chi connectivity index (χ4n) is 2.27. The summed E-state index contributed by atoms with van der Waals surface area (Å²) in [6, 6.07) is 5.52. The molecule has 1 aliphatic rings. The first-order chi connectivity index (χ1) is 8.70. The van der Waals surface area contributed by atoms with Gasteiger partial charge in [0.1, 0.15) is 0 Å². The monoisotopic (exact) mass is 253 g/mol. The Morgan fingerprint density at radius 1 is 1.50 bits per heavy atom. The number of benzene rings is 1. The van der Waals surface area contributed by atoms with Crippen LogP contribution in [0.15, 0.2) is 18.2 Å². The Morgan fingerprint density at radius 3 is 3.00 bits per heavy atom. The predicted octanol–water partition coefficient (Wildman–Crippen LogP) is 2.66. The Kier molecular flexibility index (Phi) is 4.55. The summed E-state index contributed by atoms with van der Waals surface area (Å²) in [6.45, 7) is 3.68. The van der Waals surface area contributed by atoms with Crippen molar-refractivity contribution in [3.05, 3.63) is 29.6 Å². The molecule has 1 saturated heterocycles. The molecule has 1 N–H and O–H groups in total. The van der Waals surface area contributed by atoms with E-state index in [1.807, 2.05) is 0 Å². The molecule has 0 spiro atoms. The number of hydrogen-bond donors (Lipinski definition) is 1. The molecule has 2 unspecified atom stereocenters. The van der Waals surface area contributed by atoms with E-state index in [1.165, 1.54) is 13.2 Å². The minimum atomic E-state index is -0.325. The zero-order chi connectivity index (χ0) is 13.0. The molecule has 18 heavy (non-hydrogen) atoms. The molecular weight excluding hydrogens is 233 g/mol.